The average molecular weight is 597 g/mol. The second-order valence-corrected chi connectivity index (χ2v) is 12.5. The van der Waals surface area contributed by atoms with E-state index in [4.69, 9.17) is 4.74 Å². The van der Waals surface area contributed by atoms with Gasteiger partial charge in [0.2, 0.25) is 0 Å². The molecule has 0 unspecified atom stereocenters. The van der Waals surface area contributed by atoms with Crippen molar-refractivity contribution in [2.24, 2.45) is 0 Å². The van der Waals surface area contributed by atoms with Crippen LogP contribution < -0.4 is 4.74 Å². The molecule has 1 heteroatoms. The van der Waals surface area contributed by atoms with Gasteiger partial charge in [-0.15, -0.1) is 0 Å². The molecule has 0 fully saturated rings. The van der Waals surface area contributed by atoms with Crippen LogP contribution in [0.2, 0.25) is 0 Å². The fourth-order valence-corrected chi connectivity index (χ4v) is 7.66. The van der Waals surface area contributed by atoms with Crippen LogP contribution in [0.25, 0.3) is 87.6 Å². The lowest BCUT2D eigenvalue weighted by Crippen LogP contribution is -1.99. The fourth-order valence-electron chi connectivity index (χ4n) is 7.66. The Bertz CT molecular complexity index is 2690. The molecule has 10 rings (SSSR count). The van der Waals surface area contributed by atoms with Crippen molar-refractivity contribution < 1.29 is 4.74 Å². The van der Waals surface area contributed by atoms with Gasteiger partial charge < -0.3 is 4.74 Å². The highest BCUT2D eigenvalue weighted by Crippen LogP contribution is 2.52. The van der Waals surface area contributed by atoms with Gasteiger partial charge in [-0.05, 0) is 107 Å². The molecule has 0 radical (unpaired) electrons. The maximum Gasteiger partial charge on any atom is 0.136 e. The van der Waals surface area contributed by atoms with Crippen LogP contribution in [0, 0.1) is 0 Å². The molecule has 9 aromatic carbocycles. The Morgan fingerprint density at radius 3 is 1.81 bits per heavy atom. The number of hydrogen-bond acceptors (Lipinski definition) is 1. The topological polar surface area (TPSA) is 9.23 Å². The maximum absolute atomic E-state index is 6.84. The average Bonchev–Trinajstić information content (AvgIpc) is 3.14. The second-order valence-electron chi connectivity index (χ2n) is 12.5. The predicted octanol–water partition coefficient (Wildman–Crippen LogP) is 13.1. The molecule has 0 N–H and O–H groups in total. The summed E-state index contributed by atoms with van der Waals surface area (Å²) >= 11 is 0. The van der Waals surface area contributed by atoms with Crippen molar-refractivity contribution in [2.75, 3.05) is 0 Å². The Balaban J connectivity index is 1.26. The summed E-state index contributed by atoms with van der Waals surface area (Å²) in [5.74, 6) is 1.78. The van der Waals surface area contributed by atoms with Crippen LogP contribution in [0.1, 0.15) is 0 Å². The van der Waals surface area contributed by atoms with Crippen LogP contribution >= 0.6 is 0 Å². The van der Waals surface area contributed by atoms with E-state index in [9.17, 15) is 0 Å². The minimum Gasteiger partial charge on any atom is -0.456 e. The van der Waals surface area contributed by atoms with Crippen LogP contribution in [0.15, 0.2) is 170 Å². The highest BCUT2D eigenvalue weighted by molar-refractivity contribution is 6.22. The first kappa shape index (κ1) is 26.1. The fraction of sp³-hybridized carbons (Fsp3) is 0. The normalized spacial score (nSPS) is 12.0. The smallest absolute Gasteiger partial charge is 0.136 e. The van der Waals surface area contributed by atoms with E-state index in [1.54, 1.807) is 0 Å². The molecular weight excluding hydrogens is 569 g/mol. The van der Waals surface area contributed by atoms with Crippen molar-refractivity contribution in [1.29, 1.82) is 0 Å². The molecule has 0 aromatic heterocycles. The molecule has 1 nitrogen and oxygen atoms in total. The van der Waals surface area contributed by atoms with E-state index in [-0.39, 0.29) is 0 Å². The maximum atomic E-state index is 6.84. The Kier molecular flexibility index (Phi) is 5.64. The van der Waals surface area contributed by atoms with E-state index < -0.39 is 0 Å². The lowest BCUT2D eigenvalue weighted by Gasteiger charge is -2.25. The summed E-state index contributed by atoms with van der Waals surface area (Å²) in [5, 5.41) is 9.91. The highest BCUT2D eigenvalue weighted by atomic mass is 16.5. The minimum atomic E-state index is 0.884. The summed E-state index contributed by atoms with van der Waals surface area (Å²) in [6, 6.07) is 61.5. The number of hydrogen-bond donors (Lipinski definition) is 0. The Hall–Kier alpha value is -6.18. The van der Waals surface area contributed by atoms with Gasteiger partial charge in [-0.1, -0.05) is 140 Å². The number of ether oxygens (including phenoxy) is 1. The van der Waals surface area contributed by atoms with Crippen LogP contribution in [0.4, 0.5) is 0 Å². The Morgan fingerprint density at radius 2 is 0.979 bits per heavy atom. The van der Waals surface area contributed by atoms with Gasteiger partial charge in [0, 0.05) is 10.9 Å². The van der Waals surface area contributed by atoms with Gasteiger partial charge in [0.15, 0.2) is 0 Å². The summed E-state index contributed by atoms with van der Waals surface area (Å²) in [5.41, 5.74) is 9.50. The van der Waals surface area contributed by atoms with Gasteiger partial charge in [0.1, 0.15) is 11.5 Å². The lowest BCUT2D eigenvalue weighted by atomic mass is 9.85. The number of rotatable bonds is 3. The van der Waals surface area contributed by atoms with Crippen LogP contribution in [0.5, 0.6) is 11.5 Å². The van der Waals surface area contributed by atoms with Crippen molar-refractivity contribution in [2.45, 2.75) is 0 Å². The van der Waals surface area contributed by atoms with E-state index >= 15 is 0 Å². The monoisotopic (exact) mass is 596 g/mol. The SMILES string of the molecule is c1ccc(-c2cc3c4c(ccc(-c5ccccc5)c4c2)-c2cc(-c4c5ccccc5cc5ccc6ccccc6c45)ccc2O3)cc1. The molecular formula is C46H28O. The summed E-state index contributed by atoms with van der Waals surface area (Å²) in [7, 11) is 0. The molecule has 0 atom stereocenters. The van der Waals surface area contributed by atoms with E-state index in [2.05, 4.69) is 170 Å². The van der Waals surface area contributed by atoms with Gasteiger partial charge >= 0.3 is 0 Å². The van der Waals surface area contributed by atoms with Gasteiger partial charge in [-0.25, -0.2) is 0 Å². The predicted molar refractivity (Wildman–Crippen MR) is 198 cm³/mol. The van der Waals surface area contributed by atoms with Gasteiger partial charge in [0.25, 0.3) is 0 Å². The van der Waals surface area contributed by atoms with Crippen molar-refractivity contribution in [3.05, 3.63) is 170 Å². The molecule has 9 aromatic rings. The van der Waals surface area contributed by atoms with Gasteiger partial charge in [-0.2, -0.15) is 0 Å². The molecule has 0 spiro atoms. The summed E-state index contributed by atoms with van der Waals surface area (Å²) in [6.45, 7) is 0. The summed E-state index contributed by atoms with van der Waals surface area (Å²) < 4.78 is 6.84. The third-order valence-electron chi connectivity index (χ3n) is 9.80. The van der Waals surface area contributed by atoms with Crippen molar-refractivity contribution >= 4 is 43.1 Å². The minimum absolute atomic E-state index is 0.884. The quantitative estimate of drug-likeness (QED) is 0.146. The first-order valence-electron chi connectivity index (χ1n) is 16.2. The number of fused-ring (bicyclic) bond motifs is 6. The first-order chi connectivity index (χ1) is 23.3. The third kappa shape index (κ3) is 4.03. The van der Waals surface area contributed by atoms with E-state index in [0.29, 0.717) is 0 Å². The van der Waals surface area contributed by atoms with Gasteiger partial charge in [0.05, 0.1) is 0 Å². The molecule has 0 bridgehead atoms. The summed E-state index contributed by atoms with van der Waals surface area (Å²) in [4.78, 5) is 0. The zero-order valence-corrected chi connectivity index (χ0v) is 25.6. The molecule has 1 aliphatic rings. The van der Waals surface area contributed by atoms with Crippen molar-refractivity contribution in [1.82, 2.24) is 0 Å². The van der Waals surface area contributed by atoms with Crippen molar-refractivity contribution in [3.8, 4) is 56.0 Å². The van der Waals surface area contributed by atoms with E-state index in [0.717, 1.165) is 28.0 Å². The number of benzene rings is 9. The van der Waals surface area contributed by atoms with Crippen LogP contribution in [0.3, 0.4) is 0 Å². The molecule has 0 saturated carbocycles. The molecule has 47 heavy (non-hydrogen) atoms. The summed E-state index contributed by atoms with van der Waals surface area (Å²) in [6.07, 6.45) is 0. The van der Waals surface area contributed by atoms with E-state index in [1.165, 1.54) is 71.1 Å². The first-order valence-corrected chi connectivity index (χ1v) is 16.2. The molecule has 0 aliphatic carbocycles. The standard InChI is InChI=1S/C46H28O/c1-3-11-29(12-4-1)35-27-41-36(30-13-5-2-6-14-30)22-23-39-40-26-34(21-24-42(40)47-43(28-35)46(39)41)45-38-18-10-8-16-32(38)25-33-20-19-31-15-7-9-17-37(31)44(33)45/h1-28H. The van der Waals surface area contributed by atoms with Crippen molar-refractivity contribution in [3.63, 3.8) is 0 Å². The molecule has 0 saturated heterocycles. The zero-order chi connectivity index (χ0) is 30.9. The molecule has 1 heterocycles. The van der Waals surface area contributed by atoms with Crippen LogP contribution in [-0.4, -0.2) is 0 Å². The molecule has 218 valence electrons. The zero-order valence-electron chi connectivity index (χ0n) is 25.6. The third-order valence-corrected chi connectivity index (χ3v) is 9.80. The highest BCUT2D eigenvalue weighted by Gasteiger charge is 2.24. The second kappa shape index (κ2) is 10.2. The largest absolute Gasteiger partial charge is 0.456 e. The Labute approximate surface area is 272 Å². The van der Waals surface area contributed by atoms with Gasteiger partial charge in [-0.3, -0.25) is 0 Å². The Morgan fingerprint density at radius 1 is 0.298 bits per heavy atom. The van der Waals surface area contributed by atoms with E-state index in [1.807, 2.05) is 0 Å². The van der Waals surface area contributed by atoms with Crippen LogP contribution in [-0.2, 0) is 0 Å². The molecule has 1 aliphatic heterocycles. The lowest BCUT2D eigenvalue weighted by molar-refractivity contribution is 0.487. The molecule has 0 amide bonds.